The third-order valence-electron chi connectivity index (χ3n) is 5.32. The van der Waals surface area contributed by atoms with E-state index in [4.69, 9.17) is 0 Å². The number of hydrogen-bond donors (Lipinski definition) is 0. The first-order valence-corrected chi connectivity index (χ1v) is 9.91. The molecule has 0 saturated carbocycles. The first-order chi connectivity index (χ1) is 14.0. The fourth-order valence-corrected chi connectivity index (χ4v) is 4.00. The largest absolute Gasteiger partial charge is 0.294 e. The molecule has 0 radical (unpaired) electrons. The predicted octanol–water partition coefficient (Wildman–Crippen LogP) is 4.71. The molecule has 0 bridgehead atoms. The quantitative estimate of drug-likeness (QED) is 0.612. The molecule has 4 rings (SSSR count). The normalized spacial score (nSPS) is 20.7. The molecule has 0 N–H and O–H groups in total. The molecule has 1 aliphatic rings. The number of Topliss-reactive ketones (excluding diaryl/α,β-unsaturated/α-hetero) is 1. The van der Waals surface area contributed by atoms with Crippen LogP contribution in [0.15, 0.2) is 84.7 Å². The smallest absolute Gasteiger partial charge is 0.167 e. The molecule has 29 heavy (non-hydrogen) atoms. The van der Waals surface area contributed by atoms with Gasteiger partial charge in [0, 0.05) is 36.5 Å². The van der Waals surface area contributed by atoms with Gasteiger partial charge >= 0.3 is 0 Å². The summed E-state index contributed by atoms with van der Waals surface area (Å²) in [5, 5.41) is 0. The molecular weight excluding hydrogens is 358 g/mol. The standard InChI is InChI=1S/C25H25N3O/c1-25(2)18-28(17-19-10-4-3-5-11-19)23(22-13-7-9-15-27-22)21(24(25)29)16-20-12-6-8-14-26-20/h3-16,23H,17-18H2,1-2H3. The van der Waals surface area contributed by atoms with E-state index in [0.717, 1.165) is 23.5 Å². The van der Waals surface area contributed by atoms with E-state index in [9.17, 15) is 4.79 Å². The Morgan fingerprint density at radius 1 is 0.966 bits per heavy atom. The fourth-order valence-electron chi connectivity index (χ4n) is 4.00. The summed E-state index contributed by atoms with van der Waals surface area (Å²) < 4.78 is 0. The molecule has 1 atom stereocenters. The van der Waals surface area contributed by atoms with Gasteiger partial charge in [-0.15, -0.1) is 0 Å². The lowest BCUT2D eigenvalue weighted by Crippen LogP contribution is -2.49. The molecule has 4 nitrogen and oxygen atoms in total. The van der Waals surface area contributed by atoms with Gasteiger partial charge in [-0.2, -0.15) is 0 Å². The van der Waals surface area contributed by atoms with Crippen LogP contribution >= 0.6 is 0 Å². The van der Waals surface area contributed by atoms with Crippen LogP contribution in [0.2, 0.25) is 0 Å². The van der Waals surface area contributed by atoms with Gasteiger partial charge < -0.3 is 0 Å². The number of rotatable bonds is 4. The van der Waals surface area contributed by atoms with Crippen molar-refractivity contribution in [2.24, 2.45) is 5.41 Å². The Labute approximate surface area is 171 Å². The minimum atomic E-state index is -0.485. The summed E-state index contributed by atoms with van der Waals surface area (Å²) >= 11 is 0. The number of benzene rings is 1. The van der Waals surface area contributed by atoms with Gasteiger partial charge in [-0.25, -0.2) is 0 Å². The summed E-state index contributed by atoms with van der Waals surface area (Å²) in [5.74, 6) is 0.156. The number of carbonyl (C=O) groups excluding carboxylic acids is 1. The molecule has 2 aromatic heterocycles. The summed E-state index contributed by atoms with van der Waals surface area (Å²) in [4.78, 5) is 24.9. The Bertz CT molecular complexity index is 998. The van der Waals surface area contributed by atoms with Gasteiger partial charge in [0.15, 0.2) is 5.78 Å². The van der Waals surface area contributed by atoms with Gasteiger partial charge in [-0.1, -0.05) is 56.3 Å². The third kappa shape index (κ3) is 4.17. The molecular formula is C25H25N3O. The number of nitrogens with zero attached hydrogens (tertiary/aromatic N) is 3. The Balaban J connectivity index is 1.83. The molecule has 4 heteroatoms. The first-order valence-electron chi connectivity index (χ1n) is 9.91. The average Bonchev–Trinajstić information content (AvgIpc) is 2.74. The minimum absolute atomic E-state index is 0.156. The third-order valence-corrected chi connectivity index (χ3v) is 5.32. The number of pyridine rings is 2. The zero-order valence-electron chi connectivity index (χ0n) is 16.8. The Morgan fingerprint density at radius 2 is 1.66 bits per heavy atom. The van der Waals surface area contributed by atoms with Crippen molar-refractivity contribution in [1.82, 2.24) is 14.9 Å². The van der Waals surface area contributed by atoms with Crippen LogP contribution in [-0.2, 0) is 11.3 Å². The zero-order valence-corrected chi connectivity index (χ0v) is 16.8. The van der Waals surface area contributed by atoms with Gasteiger partial charge in [0.2, 0.25) is 0 Å². The van der Waals surface area contributed by atoms with Crippen LogP contribution in [0, 0.1) is 5.41 Å². The van der Waals surface area contributed by atoms with Crippen molar-refractivity contribution in [2.45, 2.75) is 26.4 Å². The van der Waals surface area contributed by atoms with E-state index in [2.05, 4.69) is 39.1 Å². The molecule has 0 aliphatic carbocycles. The molecule has 3 aromatic rings. The molecule has 1 unspecified atom stereocenters. The van der Waals surface area contributed by atoms with Crippen LogP contribution in [0.5, 0.6) is 0 Å². The lowest BCUT2D eigenvalue weighted by atomic mass is 9.75. The predicted molar refractivity (Wildman–Crippen MR) is 115 cm³/mol. The molecule has 0 amide bonds. The monoisotopic (exact) mass is 383 g/mol. The molecule has 1 saturated heterocycles. The number of carbonyl (C=O) groups is 1. The van der Waals surface area contributed by atoms with E-state index in [0.29, 0.717) is 6.54 Å². The highest BCUT2D eigenvalue weighted by Crippen LogP contribution is 2.41. The van der Waals surface area contributed by atoms with Crippen molar-refractivity contribution in [2.75, 3.05) is 6.54 Å². The SMILES string of the molecule is CC1(C)CN(Cc2ccccc2)C(c2ccccn2)C(=Cc2ccccn2)C1=O. The Kier molecular flexibility index (Phi) is 5.36. The maximum Gasteiger partial charge on any atom is 0.167 e. The second kappa shape index (κ2) is 8.10. The minimum Gasteiger partial charge on any atom is -0.294 e. The topological polar surface area (TPSA) is 46.1 Å². The highest BCUT2D eigenvalue weighted by atomic mass is 16.1. The van der Waals surface area contributed by atoms with Gasteiger partial charge in [0.25, 0.3) is 0 Å². The van der Waals surface area contributed by atoms with E-state index in [1.165, 1.54) is 5.56 Å². The van der Waals surface area contributed by atoms with Crippen LogP contribution in [0.4, 0.5) is 0 Å². The van der Waals surface area contributed by atoms with E-state index in [-0.39, 0.29) is 11.8 Å². The maximum atomic E-state index is 13.5. The van der Waals surface area contributed by atoms with Gasteiger partial charge in [0.05, 0.1) is 17.4 Å². The van der Waals surface area contributed by atoms with Crippen molar-refractivity contribution < 1.29 is 4.79 Å². The number of likely N-dealkylation sites (tertiary alicyclic amines) is 1. The van der Waals surface area contributed by atoms with Gasteiger partial charge in [-0.05, 0) is 35.9 Å². The van der Waals surface area contributed by atoms with E-state index in [1.807, 2.05) is 62.4 Å². The highest BCUT2D eigenvalue weighted by Gasteiger charge is 2.44. The lowest BCUT2D eigenvalue weighted by molar-refractivity contribution is -0.128. The summed E-state index contributed by atoms with van der Waals surface area (Å²) in [6.07, 6.45) is 5.47. The fraction of sp³-hybridized carbons (Fsp3) is 0.240. The molecule has 1 aromatic carbocycles. The van der Waals surface area contributed by atoms with Crippen LogP contribution < -0.4 is 0 Å². The molecule has 0 spiro atoms. The zero-order chi connectivity index (χ0) is 20.3. The van der Waals surface area contributed by atoms with Crippen LogP contribution in [0.3, 0.4) is 0 Å². The maximum absolute atomic E-state index is 13.5. The Hall–Kier alpha value is -3.11. The number of piperidine rings is 1. The van der Waals surface area contributed by atoms with Crippen molar-refractivity contribution in [1.29, 1.82) is 0 Å². The molecule has 1 aliphatic heterocycles. The van der Waals surface area contributed by atoms with Crippen molar-refractivity contribution in [3.8, 4) is 0 Å². The molecule has 146 valence electrons. The summed E-state index contributed by atoms with van der Waals surface area (Å²) in [6, 6.07) is 21.8. The Morgan fingerprint density at radius 3 is 2.31 bits per heavy atom. The van der Waals surface area contributed by atoms with Crippen LogP contribution in [0.25, 0.3) is 6.08 Å². The second-order valence-corrected chi connectivity index (χ2v) is 8.12. The van der Waals surface area contributed by atoms with Crippen molar-refractivity contribution in [3.63, 3.8) is 0 Å². The van der Waals surface area contributed by atoms with Gasteiger partial charge in [0.1, 0.15) is 0 Å². The van der Waals surface area contributed by atoms with E-state index >= 15 is 0 Å². The number of hydrogen-bond acceptors (Lipinski definition) is 4. The first kappa shape index (κ1) is 19.2. The summed E-state index contributed by atoms with van der Waals surface area (Å²) in [7, 11) is 0. The molecule has 1 fully saturated rings. The second-order valence-electron chi connectivity index (χ2n) is 8.12. The summed E-state index contributed by atoms with van der Waals surface area (Å²) in [5.41, 5.74) is 3.15. The van der Waals surface area contributed by atoms with Gasteiger partial charge in [-0.3, -0.25) is 19.7 Å². The molecule has 3 heterocycles. The lowest BCUT2D eigenvalue weighted by Gasteiger charge is -2.44. The number of aromatic nitrogens is 2. The van der Waals surface area contributed by atoms with Crippen LogP contribution in [-0.4, -0.2) is 27.2 Å². The van der Waals surface area contributed by atoms with Crippen molar-refractivity contribution >= 4 is 11.9 Å². The number of ketones is 1. The van der Waals surface area contributed by atoms with Crippen molar-refractivity contribution in [3.05, 3.63) is 102 Å². The van der Waals surface area contributed by atoms with Crippen LogP contribution in [0.1, 0.15) is 36.8 Å². The average molecular weight is 383 g/mol. The highest BCUT2D eigenvalue weighted by molar-refractivity contribution is 6.05. The summed E-state index contributed by atoms with van der Waals surface area (Å²) in [6.45, 7) is 5.46. The van der Waals surface area contributed by atoms with E-state index in [1.54, 1.807) is 12.4 Å². The van der Waals surface area contributed by atoms with E-state index < -0.39 is 5.41 Å².